The van der Waals surface area contributed by atoms with Crippen LogP contribution in [0.3, 0.4) is 0 Å². The van der Waals surface area contributed by atoms with Crippen LogP contribution in [-0.4, -0.2) is 59.3 Å². The van der Waals surface area contributed by atoms with E-state index in [1.54, 1.807) is 36.7 Å². The fraction of sp³-hybridized carbons (Fsp3) is 0.350. The van der Waals surface area contributed by atoms with Crippen LogP contribution in [0.1, 0.15) is 33.2 Å². The number of carbonyl (C=O) groups excluding carboxylic acids is 2. The molecule has 0 saturated carbocycles. The maximum absolute atomic E-state index is 12.7. The van der Waals surface area contributed by atoms with Gasteiger partial charge < -0.3 is 15.1 Å². The van der Waals surface area contributed by atoms with Gasteiger partial charge in [0, 0.05) is 56.2 Å². The molecule has 1 aliphatic heterocycles. The van der Waals surface area contributed by atoms with E-state index < -0.39 is 0 Å². The van der Waals surface area contributed by atoms with Crippen LogP contribution in [0.2, 0.25) is 0 Å². The van der Waals surface area contributed by atoms with Gasteiger partial charge in [0.05, 0.1) is 0 Å². The highest BCUT2D eigenvalue weighted by atomic mass is 16.2. The monoisotopic (exact) mass is 352 g/mol. The van der Waals surface area contributed by atoms with Crippen LogP contribution in [-0.2, 0) is 6.54 Å². The number of amides is 2. The van der Waals surface area contributed by atoms with Gasteiger partial charge >= 0.3 is 0 Å². The van der Waals surface area contributed by atoms with Crippen molar-refractivity contribution in [2.75, 3.05) is 32.7 Å². The summed E-state index contributed by atoms with van der Waals surface area (Å²) in [5.41, 5.74) is 2.04. The van der Waals surface area contributed by atoms with Crippen LogP contribution in [0.15, 0.2) is 48.8 Å². The fourth-order valence-corrected chi connectivity index (χ4v) is 3.03. The number of hydrogen-bond acceptors (Lipinski definition) is 4. The number of pyridine rings is 1. The molecule has 2 amide bonds. The Kier molecular flexibility index (Phi) is 5.96. The molecule has 6 nitrogen and oxygen atoms in total. The average Bonchev–Trinajstić information content (AvgIpc) is 2.72. The highest BCUT2D eigenvalue weighted by molar-refractivity contribution is 5.99. The SMILES string of the molecule is CCN1CCN(C(=O)c2cccc(C(=O)NCc3ccncc3)c2)CC1. The third-order valence-corrected chi connectivity index (χ3v) is 4.68. The van der Waals surface area contributed by atoms with E-state index in [-0.39, 0.29) is 11.8 Å². The average molecular weight is 352 g/mol. The second-order valence-electron chi connectivity index (χ2n) is 6.35. The number of hydrogen-bond donors (Lipinski definition) is 1. The number of nitrogens with one attached hydrogen (secondary N) is 1. The zero-order valence-electron chi connectivity index (χ0n) is 15.0. The number of piperazine rings is 1. The van der Waals surface area contributed by atoms with E-state index in [1.807, 2.05) is 17.0 Å². The normalized spacial score (nSPS) is 14.9. The number of benzene rings is 1. The highest BCUT2D eigenvalue weighted by Crippen LogP contribution is 2.11. The summed E-state index contributed by atoms with van der Waals surface area (Å²) in [7, 11) is 0. The Morgan fingerprint density at radius 3 is 2.42 bits per heavy atom. The van der Waals surface area contributed by atoms with Gasteiger partial charge in [-0.25, -0.2) is 0 Å². The van der Waals surface area contributed by atoms with Crippen molar-refractivity contribution in [3.05, 3.63) is 65.5 Å². The molecule has 1 aromatic carbocycles. The Hall–Kier alpha value is -2.73. The smallest absolute Gasteiger partial charge is 0.253 e. The lowest BCUT2D eigenvalue weighted by molar-refractivity contribution is 0.0643. The molecule has 0 bridgehead atoms. The summed E-state index contributed by atoms with van der Waals surface area (Å²) >= 11 is 0. The summed E-state index contributed by atoms with van der Waals surface area (Å²) < 4.78 is 0. The van der Waals surface area contributed by atoms with Crippen LogP contribution < -0.4 is 5.32 Å². The van der Waals surface area contributed by atoms with Crippen molar-refractivity contribution in [2.45, 2.75) is 13.5 Å². The van der Waals surface area contributed by atoms with E-state index in [9.17, 15) is 9.59 Å². The van der Waals surface area contributed by atoms with Gasteiger partial charge in [-0.2, -0.15) is 0 Å². The first kappa shape index (κ1) is 18.1. The Morgan fingerprint density at radius 1 is 1.04 bits per heavy atom. The van der Waals surface area contributed by atoms with Crippen LogP contribution in [0.5, 0.6) is 0 Å². The van der Waals surface area contributed by atoms with Crippen LogP contribution in [0.4, 0.5) is 0 Å². The lowest BCUT2D eigenvalue weighted by Crippen LogP contribution is -2.48. The Balaban J connectivity index is 1.62. The van der Waals surface area contributed by atoms with Gasteiger partial charge in [-0.3, -0.25) is 14.6 Å². The molecular weight excluding hydrogens is 328 g/mol. The summed E-state index contributed by atoms with van der Waals surface area (Å²) in [6.45, 7) is 6.82. The number of nitrogens with zero attached hydrogens (tertiary/aromatic N) is 3. The molecule has 26 heavy (non-hydrogen) atoms. The van der Waals surface area contributed by atoms with E-state index >= 15 is 0 Å². The second-order valence-corrected chi connectivity index (χ2v) is 6.35. The van der Waals surface area contributed by atoms with E-state index in [1.165, 1.54) is 0 Å². The van der Waals surface area contributed by atoms with Crippen molar-refractivity contribution in [2.24, 2.45) is 0 Å². The predicted octanol–water partition coefficient (Wildman–Crippen LogP) is 1.79. The van der Waals surface area contributed by atoms with E-state index in [0.29, 0.717) is 17.7 Å². The largest absolute Gasteiger partial charge is 0.348 e. The Bertz CT molecular complexity index is 755. The van der Waals surface area contributed by atoms with Crippen molar-refractivity contribution in [1.29, 1.82) is 0 Å². The summed E-state index contributed by atoms with van der Waals surface area (Å²) in [6, 6.07) is 10.7. The van der Waals surface area contributed by atoms with Crippen molar-refractivity contribution in [3.8, 4) is 0 Å². The van der Waals surface area contributed by atoms with Gasteiger partial charge in [0.1, 0.15) is 0 Å². The molecule has 0 atom stereocenters. The summed E-state index contributed by atoms with van der Waals surface area (Å²) in [5.74, 6) is -0.197. The fourth-order valence-electron chi connectivity index (χ4n) is 3.03. The number of carbonyl (C=O) groups is 2. The minimum atomic E-state index is -0.188. The van der Waals surface area contributed by atoms with Crippen LogP contribution in [0, 0.1) is 0 Å². The first-order chi connectivity index (χ1) is 12.7. The van der Waals surface area contributed by atoms with Gasteiger partial charge in [0.25, 0.3) is 11.8 Å². The first-order valence-corrected chi connectivity index (χ1v) is 8.96. The molecule has 0 aliphatic carbocycles. The molecular formula is C20H24N4O2. The zero-order chi connectivity index (χ0) is 18.4. The molecule has 1 N–H and O–H groups in total. The van der Waals surface area contributed by atoms with Gasteiger partial charge in [-0.1, -0.05) is 13.0 Å². The minimum absolute atomic E-state index is 0.00969. The second kappa shape index (κ2) is 8.58. The molecule has 2 heterocycles. The van der Waals surface area contributed by atoms with E-state index in [2.05, 4.69) is 22.1 Å². The van der Waals surface area contributed by atoms with Gasteiger partial charge in [-0.05, 0) is 42.4 Å². The molecule has 3 rings (SSSR count). The molecule has 2 aromatic rings. The topological polar surface area (TPSA) is 65.5 Å². The maximum atomic E-state index is 12.7. The molecule has 0 spiro atoms. The molecule has 0 unspecified atom stereocenters. The predicted molar refractivity (Wildman–Crippen MR) is 99.9 cm³/mol. The zero-order valence-corrected chi connectivity index (χ0v) is 15.0. The molecule has 6 heteroatoms. The molecule has 1 aliphatic rings. The summed E-state index contributed by atoms with van der Waals surface area (Å²) in [4.78, 5) is 33.3. The summed E-state index contributed by atoms with van der Waals surface area (Å²) in [6.07, 6.45) is 3.39. The van der Waals surface area contributed by atoms with E-state index in [4.69, 9.17) is 0 Å². The standard InChI is InChI=1S/C20H24N4O2/c1-2-23-10-12-24(13-11-23)20(26)18-5-3-4-17(14-18)19(25)22-15-16-6-8-21-9-7-16/h3-9,14H,2,10-13,15H2,1H3,(H,22,25). The quantitative estimate of drug-likeness (QED) is 0.891. The number of aromatic nitrogens is 1. The first-order valence-electron chi connectivity index (χ1n) is 8.96. The third kappa shape index (κ3) is 4.46. The number of likely N-dealkylation sites (N-methyl/N-ethyl adjacent to an activating group) is 1. The lowest BCUT2D eigenvalue weighted by atomic mass is 10.1. The van der Waals surface area contributed by atoms with Crippen molar-refractivity contribution in [1.82, 2.24) is 20.1 Å². The van der Waals surface area contributed by atoms with Crippen molar-refractivity contribution >= 4 is 11.8 Å². The molecule has 0 radical (unpaired) electrons. The van der Waals surface area contributed by atoms with Gasteiger partial charge in [0.15, 0.2) is 0 Å². The van der Waals surface area contributed by atoms with Crippen LogP contribution >= 0.6 is 0 Å². The Labute approximate surface area is 153 Å². The molecule has 1 saturated heterocycles. The van der Waals surface area contributed by atoms with Crippen LogP contribution in [0.25, 0.3) is 0 Å². The third-order valence-electron chi connectivity index (χ3n) is 4.68. The van der Waals surface area contributed by atoms with Crippen molar-refractivity contribution < 1.29 is 9.59 Å². The minimum Gasteiger partial charge on any atom is -0.348 e. The highest BCUT2D eigenvalue weighted by Gasteiger charge is 2.21. The van der Waals surface area contributed by atoms with Gasteiger partial charge in [0.2, 0.25) is 0 Å². The lowest BCUT2D eigenvalue weighted by Gasteiger charge is -2.34. The molecule has 1 fully saturated rings. The van der Waals surface area contributed by atoms with Gasteiger partial charge in [-0.15, -0.1) is 0 Å². The maximum Gasteiger partial charge on any atom is 0.253 e. The molecule has 136 valence electrons. The molecule has 1 aromatic heterocycles. The van der Waals surface area contributed by atoms with Crippen molar-refractivity contribution in [3.63, 3.8) is 0 Å². The summed E-state index contributed by atoms with van der Waals surface area (Å²) in [5, 5.41) is 2.88. The van der Waals surface area contributed by atoms with E-state index in [0.717, 1.165) is 38.3 Å². The Morgan fingerprint density at radius 2 is 1.73 bits per heavy atom. The number of rotatable bonds is 5.